The van der Waals surface area contributed by atoms with Crippen molar-refractivity contribution < 1.29 is 18.1 Å². The lowest BCUT2D eigenvalue weighted by molar-refractivity contribution is -0.385. The van der Waals surface area contributed by atoms with E-state index in [-0.39, 0.29) is 5.56 Å². The minimum atomic E-state index is -4.69. The van der Waals surface area contributed by atoms with Crippen LogP contribution < -0.4 is 11.5 Å². The maximum Gasteiger partial charge on any atom is 0.416 e. The van der Waals surface area contributed by atoms with Crippen molar-refractivity contribution in [3.63, 3.8) is 0 Å². The first-order chi connectivity index (χ1) is 7.51. The molecule has 0 aliphatic rings. The lowest BCUT2D eigenvalue weighted by Crippen LogP contribution is -2.42. The summed E-state index contributed by atoms with van der Waals surface area (Å²) in [5.41, 5.74) is 7.27. The number of nitrogens with two attached hydrogens (primary N) is 2. The van der Waals surface area contributed by atoms with Gasteiger partial charge < -0.3 is 11.5 Å². The highest BCUT2D eigenvalue weighted by Crippen LogP contribution is 2.33. The zero-order valence-corrected chi connectivity index (χ0v) is 8.78. The van der Waals surface area contributed by atoms with E-state index >= 15 is 0 Å². The van der Waals surface area contributed by atoms with E-state index in [2.05, 4.69) is 0 Å². The van der Waals surface area contributed by atoms with Gasteiger partial charge >= 0.3 is 6.18 Å². The summed E-state index contributed by atoms with van der Waals surface area (Å²) in [7, 11) is 0. The number of rotatable bonds is 2. The highest BCUT2D eigenvalue weighted by molar-refractivity contribution is 5.42. The molecule has 0 heterocycles. The zero-order valence-electron chi connectivity index (χ0n) is 8.78. The van der Waals surface area contributed by atoms with E-state index in [1.54, 1.807) is 0 Å². The molecule has 0 saturated carbocycles. The number of nitrogens with zero attached hydrogens (tertiary/aromatic N) is 1. The van der Waals surface area contributed by atoms with Crippen LogP contribution in [0.2, 0.25) is 0 Å². The van der Waals surface area contributed by atoms with E-state index in [4.69, 9.17) is 11.5 Å². The maximum absolute atomic E-state index is 12.5. The second-order valence-corrected chi connectivity index (χ2v) is 3.81. The van der Waals surface area contributed by atoms with E-state index in [0.717, 1.165) is 6.07 Å². The summed E-state index contributed by atoms with van der Waals surface area (Å²) in [6.45, 7) is 1.26. The van der Waals surface area contributed by atoms with Gasteiger partial charge in [-0.25, -0.2) is 0 Å². The molecule has 0 aliphatic heterocycles. The van der Waals surface area contributed by atoms with Gasteiger partial charge in [-0.15, -0.1) is 0 Å². The highest BCUT2D eigenvalue weighted by atomic mass is 19.4. The van der Waals surface area contributed by atoms with Gasteiger partial charge in [-0.3, -0.25) is 10.1 Å². The van der Waals surface area contributed by atoms with Gasteiger partial charge in [-0.1, -0.05) is 0 Å². The lowest BCUT2D eigenvalue weighted by Gasteiger charge is -2.20. The van der Waals surface area contributed by atoms with Gasteiger partial charge in [0, 0.05) is 12.1 Å². The van der Waals surface area contributed by atoms with Crippen molar-refractivity contribution in [1.82, 2.24) is 0 Å². The number of alkyl halides is 3. The molecule has 94 valence electrons. The van der Waals surface area contributed by atoms with Crippen LogP contribution in [0.5, 0.6) is 0 Å². The molecule has 1 aromatic carbocycles. The number of hydrogen-bond donors (Lipinski definition) is 2. The Morgan fingerprint density at radius 3 is 2.00 bits per heavy atom. The average Bonchev–Trinajstić information content (AvgIpc) is 2.14. The van der Waals surface area contributed by atoms with Crippen LogP contribution in [-0.4, -0.2) is 4.92 Å². The van der Waals surface area contributed by atoms with Gasteiger partial charge in [0.25, 0.3) is 5.69 Å². The number of nitro benzene ring substituents is 1. The van der Waals surface area contributed by atoms with E-state index < -0.39 is 28.0 Å². The molecule has 8 heteroatoms. The van der Waals surface area contributed by atoms with Gasteiger partial charge in [-0.2, -0.15) is 13.2 Å². The first-order valence-corrected chi connectivity index (χ1v) is 4.47. The first-order valence-electron chi connectivity index (χ1n) is 4.47. The molecule has 0 aromatic heterocycles. The normalized spacial score (nSPS) is 12.6. The summed E-state index contributed by atoms with van der Waals surface area (Å²) in [4.78, 5) is 9.59. The second kappa shape index (κ2) is 3.97. The Morgan fingerprint density at radius 1 is 1.18 bits per heavy atom. The Bertz CT molecular complexity index is 420. The predicted octanol–water partition coefficient (Wildman–Crippen LogP) is 1.70. The number of halogens is 3. The quantitative estimate of drug-likeness (QED) is 0.473. The van der Waals surface area contributed by atoms with Crippen molar-refractivity contribution >= 4 is 5.69 Å². The fourth-order valence-corrected chi connectivity index (χ4v) is 1.19. The molecule has 5 nitrogen and oxygen atoms in total. The molecule has 1 aromatic rings. The van der Waals surface area contributed by atoms with Crippen LogP contribution in [0.4, 0.5) is 18.9 Å². The van der Waals surface area contributed by atoms with Gasteiger partial charge in [0.1, 0.15) is 0 Å². The molecular formula is C9H10F3N3O2. The molecule has 0 spiro atoms. The molecule has 0 aliphatic carbocycles. The third kappa shape index (κ3) is 3.14. The van der Waals surface area contributed by atoms with Crippen LogP contribution in [0, 0.1) is 10.1 Å². The van der Waals surface area contributed by atoms with Gasteiger partial charge in [0.15, 0.2) is 0 Å². The van der Waals surface area contributed by atoms with E-state index in [9.17, 15) is 23.3 Å². The highest BCUT2D eigenvalue weighted by Gasteiger charge is 2.34. The summed E-state index contributed by atoms with van der Waals surface area (Å²) < 4.78 is 37.5. The molecule has 0 fully saturated rings. The Kier molecular flexibility index (Phi) is 3.13. The number of hydrogen-bond acceptors (Lipinski definition) is 4. The third-order valence-corrected chi connectivity index (χ3v) is 2.08. The number of non-ortho nitro benzene ring substituents is 1. The predicted molar refractivity (Wildman–Crippen MR) is 53.8 cm³/mol. The van der Waals surface area contributed by atoms with Gasteiger partial charge in [0.2, 0.25) is 0 Å². The van der Waals surface area contributed by atoms with Crippen LogP contribution in [-0.2, 0) is 11.8 Å². The monoisotopic (exact) mass is 249 g/mol. The molecule has 0 unspecified atom stereocenters. The smallest absolute Gasteiger partial charge is 0.310 e. The van der Waals surface area contributed by atoms with E-state index in [1.165, 1.54) is 6.92 Å². The molecule has 17 heavy (non-hydrogen) atoms. The van der Waals surface area contributed by atoms with Crippen molar-refractivity contribution in [3.8, 4) is 0 Å². The molecule has 0 bridgehead atoms. The zero-order chi connectivity index (χ0) is 13.4. The van der Waals surface area contributed by atoms with Crippen LogP contribution in [0.15, 0.2) is 18.2 Å². The molecular weight excluding hydrogens is 239 g/mol. The molecule has 0 amide bonds. The van der Waals surface area contributed by atoms with Crippen molar-refractivity contribution in [2.45, 2.75) is 18.8 Å². The first kappa shape index (κ1) is 13.4. The number of benzene rings is 1. The Labute approximate surface area is 94.4 Å². The third-order valence-electron chi connectivity index (χ3n) is 2.08. The van der Waals surface area contributed by atoms with Crippen molar-refractivity contribution in [3.05, 3.63) is 39.4 Å². The molecule has 0 radical (unpaired) electrons. The number of nitro groups is 1. The fourth-order valence-electron chi connectivity index (χ4n) is 1.19. The average molecular weight is 249 g/mol. The van der Waals surface area contributed by atoms with Crippen LogP contribution in [0.1, 0.15) is 18.1 Å². The Balaban J connectivity index is 3.45. The molecule has 0 atom stereocenters. The minimum absolute atomic E-state index is 0.154. The van der Waals surface area contributed by atoms with Gasteiger partial charge in [0.05, 0.1) is 16.1 Å². The summed E-state index contributed by atoms with van der Waals surface area (Å²) in [5, 5.41) is 10.5. The van der Waals surface area contributed by atoms with Crippen LogP contribution >= 0.6 is 0 Å². The Hall–Kier alpha value is -1.67. The largest absolute Gasteiger partial charge is 0.416 e. The Morgan fingerprint density at radius 2 is 1.65 bits per heavy atom. The van der Waals surface area contributed by atoms with E-state index in [1.807, 2.05) is 0 Å². The van der Waals surface area contributed by atoms with Crippen LogP contribution in [0.3, 0.4) is 0 Å². The SMILES string of the molecule is CC(N)(N)c1cc([N+](=O)[O-])cc(C(F)(F)F)c1. The van der Waals surface area contributed by atoms with Crippen LogP contribution in [0.25, 0.3) is 0 Å². The summed E-state index contributed by atoms with van der Waals surface area (Å²) in [5.74, 6) is 0. The minimum Gasteiger partial charge on any atom is -0.310 e. The molecule has 1 rings (SSSR count). The standard InChI is InChI=1S/C9H10F3N3O2/c1-8(13,14)5-2-6(9(10,11)12)4-7(3-5)15(16)17/h2-4H,13-14H2,1H3. The summed E-state index contributed by atoms with van der Waals surface area (Å²) in [6, 6.07) is 2.07. The fraction of sp³-hybridized carbons (Fsp3) is 0.333. The summed E-state index contributed by atoms with van der Waals surface area (Å²) >= 11 is 0. The topological polar surface area (TPSA) is 95.2 Å². The van der Waals surface area contributed by atoms with E-state index in [0.29, 0.717) is 12.1 Å². The second-order valence-electron chi connectivity index (χ2n) is 3.81. The van der Waals surface area contributed by atoms with Crippen molar-refractivity contribution in [2.75, 3.05) is 0 Å². The maximum atomic E-state index is 12.5. The summed E-state index contributed by atoms with van der Waals surface area (Å²) in [6.07, 6.45) is -4.69. The van der Waals surface area contributed by atoms with Crippen molar-refractivity contribution in [1.29, 1.82) is 0 Å². The molecule has 4 N–H and O–H groups in total. The lowest BCUT2D eigenvalue weighted by atomic mass is 9.99. The van der Waals surface area contributed by atoms with Gasteiger partial charge in [-0.05, 0) is 18.6 Å². The van der Waals surface area contributed by atoms with Crippen molar-refractivity contribution in [2.24, 2.45) is 11.5 Å². The molecule has 0 saturated heterocycles.